The number of rotatable bonds is 6. The van der Waals surface area contributed by atoms with Crippen LogP contribution in [0.1, 0.15) is 42.9 Å². The topological polar surface area (TPSA) is 79.4 Å². The quantitative estimate of drug-likeness (QED) is 0.594. The van der Waals surface area contributed by atoms with Crippen molar-refractivity contribution in [3.63, 3.8) is 0 Å². The first-order valence-electron chi connectivity index (χ1n) is 11.4. The van der Waals surface area contributed by atoms with Gasteiger partial charge in [0.1, 0.15) is 10.8 Å². The standard InChI is InChI=1S/C24H34N6O2S/c1-16-11-19(18(3)30(16)21-12-17(2)32-27-21)20-15-33-23(25-20)14-29-9-7-28(8-10-29)13-22(31)26-24(4,5)6/h11-12,15H,7-10,13-14H2,1-6H3,(H,26,31). The number of piperazine rings is 1. The van der Waals surface area contributed by atoms with Crippen LogP contribution >= 0.6 is 11.3 Å². The zero-order valence-electron chi connectivity index (χ0n) is 20.4. The van der Waals surface area contributed by atoms with Crippen molar-refractivity contribution in [1.29, 1.82) is 0 Å². The molecule has 0 unspecified atom stereocenters. The van der Waals surface area contributed by atoms with Gasteiger partial charge in [0.2, 0.25) is 5.91 Å². The summed E-state index contributed by atoms with van der Waals surface area (Å²) in [7, 11) is 0. The van der Waals surface area contributed by atoms with Gasteiger partial charge in [0.25, 0.3) is 0 Å². The minimum Gasteiger partial charge on any atom is -0.360 e. The molecule has 178 valence electrons. The summed E-state index contributed by atoms with van der Waals surface area (Å²) in [5, 5.41) is 10.5. The molecule has 0 saturated carbocycles. The molecule has 1 amide bonds. The molecule has 0 radical (unpaired) electrons. The number of thiazole rings is 1. The molecule has 0 bridgehead atoms. The zero-order valence-corrected chi connectivity index (χ0v) is 21.3. The molecule has 0 aromatic carbocycles. The molecule has 1 aliphatic heterocycles. The van der Waals surface area contributed by atoms with Crippen LogP contribution in [0.5, 0.6) is 0 Å². The van der Waals surface area contributed by atoms with Gasteiger partial charge in [-0.3, -0.25) is 19.2 Å². The number of hydrogen-bond donors (Lipinski definition) is 1. The zero-order chi connectivity index (χ0) is 23.8. The maximum Gasteiger partial charge on any atom is 0.234 e. The Hall–Kier alpha value is -2.49. The second-order valence-corrected chi connectivity index (χ2v) is 10.8. The van der Waals surface area contributed by atoms with Crippen molar-refractivity contribution in [3.8, 4) is 17.1 Å². The monoisotopic (exact) mass is 470 g/mol. The Morgan fingerprint density at radius 1 is 1.12 bits per heavy atom. The fraction of sp³-hybridized carbons (Fsp3) is 0.542. The van der Waals surface area contributed by atoms with E-state index in [9.17, 15) is 4.79 Å². The fourth-order valence-electron chi connectivity index (χ4n) is 4.30. The Morgan fingerprint density at radius 2 is 1.82 bits per heavy atom. The first-order chi connectivity index (χ1) is 15.6. The molecule has 9 heteroatoms. The number of hydrogen-bond acceptors (Lipinski definition) is 7. The summed E-state index contributed by atoms with van der Waals surface area (Å²) in [6.07, 6.45) is 0. The van der Waals surface area contributed by atoms with Crippen molar-refractivity contribution in [3.05, 3.63) is 39.7 Å². The number of aryl methyl sites for hydroxylation is 2. The summed E-state index contributed by atoms with van der Waals surface area (Å²) in [5.74, 6) is 1.70. The van der Waals surface area contributed by atoms with Gasteiger partial charge in [-0.1, -0.05) is 5.16 Å². The molecule has 1 fully saturated rings. The lowest BCUT2D eigenvalue weighted by molar-refractivity contribution is -0.124. The molecule has 1 aliphatic rings. The molecule has 1 saturated heterocycles. The smallest absolute Gasteiger partial charge is 0.234 e. The average Bonchev–Trinajstić information content (AvgIpc) is 3.41. The molecule has 1 N–H and O–H groups in total. The summed E-state index contributed by atoms with van der Waals surface area (Å²) in [6.45, 7) is 17.1. The number of carbonyl (C=O) groups excluding carboxylic acids is 1. The van der Waals surface area contributed by atoms with E-state index >= 15 is 0 Å². The highest BCUT2D eigenvalue weighted by Crippen LogP contribution is 2.30. The van der Waals surface area contributed by atoms with Crippen LogP contribution in [0.4, 0.5) is 0 Å². The summed E-state index contributed by atoms with van der Waals surface area (Å²) in [4.78, 5) is 21.8. The lowest BCUT2D eigenvalue weighted by Gasteiger charge is -2.34. The van der Waals surface area contributed by atoms with E-state index in [1.54, 1.807) is 11.3 Å². The second kappa shape index (κ2) is 9.40. The van der Waals surface area contributed by atoms with Crippen LogP contribution in [0.25, 0.3) is 17.1 Å². The van der Waals surface area contributed by atoms with E-state index in [1.807, 2.05) is 33.8 Å². The third-order valence-corrected chi connectivity index (χ3v) is 6.64. The van der Waals surface area contributed by atoms with Crippen LogP contribution < -0.4 is 5.32 Å². The molecule has 3 aromatic heterocycles. The van der Waals surface area contributed by atoms with E-state index in [0.29, 0.717) is 6.54 Å². The molecule has 0 atom stereocenters. The first kappa shape index (κ1) is 23.7. The van der Waals surface area contributed by atoms with E-state index in [-0.39, 0.29) is 11.4 Å². The maximum absolute atomic E-state index is 12.2. The SMILES string of the molecule is Cc1cc(-n2c(C)cc(-c3csc(CN4CCN(CC(=O)NC(C)(C)C)CC4)n3)c2C)no1. The van der Waals surface area contributed by atoms with Gasteiger partial charge in [0.15, 0.2) is 5.82 Å². The van der Waals surface area contributed by atoms with Gasteiger partial charge in [0.05, 0.1) is 18.8 Å². The van der Waals surface area contributed by atoms with Crippen molar-refractivity contribution >= 4 is 17.2 Å². The third kappa shape index (κ3) is 5.72. The van der Waals surface area contributed by atoms with Crippen molar-refractivity contribution in [1.82, 2.24) is 29.8 Å². The van der Waals surface area contributed by atoms with Crippen LogP contribution in [0.3, 0.4) is 0 Å². The number of amides is 1. The van der Waals surface area contributed by atoms with Gasteiger partial charge in [0, 0.05) is 60.1 Å². The second-order valence-electron chi connectivity index (χ2n) is 9.89. The third-order valence-electron chi connectivity index (χ3n) is 5.81. The van der Waals surface area contributed by atoms with Gasteiger partial charge in [-0.25, -0.2) is 4.98 Å². The molecular weight excluding hydrogens is 436 g/mol. The Bertz CT molecular complexity index is 1110. The molecule has 8 nitrogen and oxygen atoms in total. The van der Waals surface area contributed by atoms with Crippen molar-refractivity contribution in [2.75, 3.05) is 32.7 Å². The fourth-order valence-corrected chi connectivity index (χ4v) is 5.13. The van der Waals surface area contributed by atoms with Crippen LogP contribution in [0.2, 0.25) is 0 Å². The predicted molar refractivity (Wildman–Crippen MR) is 131 cm³/mol. The molecule has 0 spiro atoms. The molecular formula is C24H34N6O2S. The highest BCUT2D eigenvalue weighted by Gasteiger charge is 2.22. The van der Waals surface area contributed by atoms with Gasteiger partial charge in [-0.15, -0.1) is 11.3 Å². The Morgan fingerprint density at radius 3 is 2.45 bits per heavy atom. The van der Waals surface area contributed by atoms with E-state index in [0.717, 1.165) is 72.0 Å². The molecule has 4 rings (SSSR count). The lowest BCUT2D eigenvalue weighted by atomic mass is 10.1. The highest BCUT2D eigenvalue weighted by atomic mass is 32.1. The van der Waals surface area contributed by atoms with Gasteiger partial charge >= 0.3 is 0 Å². The first-order valence-corrected chi connectivity index (χ1v) is 12.3. The van der Waals surface area contributed by atoms with Crippen molar-refractivity contribution < 1.29 is 9.32 Å². The molecule has 4 heterocycles. The van der Waals surface area contributed by atoms with Crippen LogP contribution in [0.15, 0.2) is 22.0 Å². The Kier molecular flexibility index (Phi) is 6.74. The van der Waals surface area contributed by atoms with Crippen LogP contribution in [-0.4, -0.2) is 68.7 Å². The molecule has 33 heavy (non-hydrogen) atoms. The van der Waals surface area contributed by atoms with E-state index in [4.69, 9.17) is 9.51 Å². The lowest BCUT2D eigenvalue weighted by Crippen LogP contribution is -2.51. The highest BCUT2D eigenvalue weighted by molar-refractivity contribution is 7.09. The molecule has 0 aliphatic carbocycles. The summed E-state index contributed by atoms with van der Waals surface area (Å²) in [5.41, 5.74) is 4.17. The summed E-state index contributed by atoms with van der Waals surface area (Å²) in [6, 6.07) is 4.11. The Balaban J connectivity index is 1.35. The average molecular weight is 471 g/mol. The van der Waals surface area contributed by atoms with Crippen molar-refractivity contribution in [2.24, 2.45) is 0 Å². The van der Waals surface area contributed by atoms with E-state index in [1.165, 1.54) is 0 Å². The summed E-state index contributed by atoms with van der Waals surface area (Å²) >= 11 is 1.71. The minimum atomic E-state index is -0.187. The number of nitrogens with zero attached hydrogens (tertiary/aromatic N) is 5. The normalized spacial score (nSPS) is 15.8. The number of nitrogens with one attached hydrogen (secondary N) is 1. The van der Waals surface area contributed by atoms with Crippen LogP contribution in [0, 0.1) is 20.8 Å². The van der Waals surface area contributed by atoms with Gasteiger partial charge < -0.3 is 9.84 Å². The van der Waals surface area contributed by atoms with Gasteiger partial charge in [-0.05, 0) is 47.6 Å². The van der Waals surface area contributed by atoms with Crippen LogP contribution in [-0.2, 0) is 11.3 Å². The summed E-state index contributed by atoms with van der Waals surface area (Å²) < 4.78 is 7.38. The molecule has 3 aromatic rings. The van der Waals surface area contributed by atoms with E-state index in [2.05, 4.69) is 50.1 Å². The Labute approximate surface area is 199 Å². The maximum atomic E-state index is 12.2. The number of aromatic nitrogens is 3. The number of carbonyl (C=O) groups is 1. The van der Waals surface area contributed by atoms with Gasteiger partial charge in [-0.2, -0.15) is 0 Å². The largest absolute Gasteiger partial charge is 0.360 e. The van der Waals surface area contributed by atoms with Crippen molar-refractivity contribution in [2.45, 2.75) is 53.6 Å². The van der Waals surface area contributed by atoms with E-state index < -0.39 is 0 Å². The minimum absolute atomic E-state index is 0.0962. The predicted octanol–water partition coefficient (Wildman–Crippen LogP) is 3.55.